The van der Waals surface area contributed by atoms with Crippen molar-refractivity contribution in [2.45, 2.75) is 40.0 Å². The lowest BCUT2D eigenvalue weighted by Crippen LogP contribution is -2.08. The summed E-state index contributed by atoms with van der Waals surface area (Å²) in [6, 6.07) is 0. The van der Waals surface area contributed by atoms with Gasteiger partial charge in [-0.3, -0.25) is 4.79 Å². The summed E-state index contributed by atoms with van der Waals surface area (Å²) in [5.74, 6) is 0. The molecule has 0 fully saturated rings. The quantitative estimate of drug-likeness (QED) is 0.413. The van der Waals surface area contributed by atoms with Crippen molar-refractivity contribution in [3.63, 3.8) is 0 Å². The molecule has 0 aromatic heterocycles. The van der Waals surface area contributed by atoms with Crippen LogP contribution in [0.15, 0.2) is 13.2 Å². The van der Waals surface area contributed by atoms with Crippen molar-refractivity contribution in [3.8, 4) is 0 Å². The monoisotopic (exact) mass is 248 g/mol. The van der Waals surface area contributed by atoms with Gasteiger partial charge in [-0.25, -0.2) is 0 Å². The van der Waals surface area contributed by atoms with E-state index >= 15 is 0 Å². The molecule has 0 bridgehead atoms. The maximum atomic E-state index is 9.06. The van der Waals surface area contributed by atoms with Gasteiger partial charge in [0.2, 0.25) is 6.41 Å². The van der Waals surface area contributed by atoms with E-state index in [1.54, 1.807) is 7.05 Å². The van der Waals surface area contributed by atoms with Gasteiger partial charge in [0.1, 0.15) is 0 Å². The number of hydrogen-bond donors (Lipinski definition) is 2. The average Bonchev–Trinajstić information content (AvgIpc) is 2.43. The summed E-state index contributed by atoms with van der Waals surface area (Å²) in [7, 11) is 1.56. The Morgan fingerprint density at radius 2 is 1.71 bits per heavy atom. The van der Waals surface area contributed by atoms with Gasteiger partial charge in [0.25, 0.3) is 0 Å². The lowest BCUT2D eigenvalue weighted by atomic mass is 10.3. The van der Waals surface area contributed by atoms with E-state index in [-0.39, 0.29) is 0 Å². The van der Waals surface area contributed by atoms with E-state index in [1.807, 2.05) is 13.8 Å². The standard InChI is InChI=1S/C7H17NO.C2H5NO.C2H6.C2H4/c1-2-3-4-6-9-7-5-8;1-3-2-4;2*1-2/h2-8H2,1H3;2H,1H3,(H,3,4);1-2H3;1-2H2. The van der Waals surface area contributed by atoms with Gasteiger partial charge in [-0.2, -0.15) is 0 Å². The molecular weight excluding hydrogens is 216 g/mol. The molecule has 1 amide bonds. The summed E-state index contributed by atoms with van der Waals surface area (Å²) in [5, 5.41) is 2.25. The zero-order chi connectivity index (χ0) is 14.4. The molecule has 0 rings (SSSR count). The Morgan fingerprint density at radius 3 is 2.00 bits per heavy atom. The van der Waals surface area contributed by atoms with Gasteiger partial charge < -0.3 is 15.8 Å². The van der Waals surface area contributed by atoms with Gasteiger partial charge in [-0.15, -0.1) is 13.2 Å². The first-order chi connectivity index (χ1) is 8.33. The van der Waals surface area contributed by atoms with E-state index in [4.69, 9.17) is 15.3 Å². The molecule has 0 aliphatic heterocycles. The van der Waals surface area contributed by atoms with Crippen LogP contribution in [0.3, 0.4) is 0 Å². The highest BCUT2D eigenvalue weighted by atomic mass is 16.5. The third-order valence-electron chi connectivity index (χ3n) is 1.27. The normalized spacial score (nSPS) is 7.12. The van der Waals surface area contributed by atoms with E-state index in [2.05, 4.69) is 25.4 Å². The molecule has 17 heavy (non-hydrogen) atoms. The molecule has 0 aliphatic rings. The molecule has 0 aromatic rings. The average molecular weight is 248 g/mol. The van der Waals surface area contributed by atoms with Crippen LogP contribution in [0.1, 0.15) is 40.0 Å². The van der Waals surface area contributed by atoms with Crippen molar-refractivity contribution in [1.82, 2.24) is 5.32 Å². The smallest absolute Gasteiger partial charge is 0.206 e. The molecule has 0 unspecified atom stereocenters. The molecule has 106 valence electrons. The van der Waals surface area contributed by atoms with Crippen molar-refractivity contribution in [1.29, 1.82) is 0 Å². The summed E-state index contributed by atoms with van der Waals surface area (Å²) in [6.45, 7) is 14.4. The first kappa shape index (κ1) is 25.1. The molecule has 4 heteroatoms. The van der Waals surface area contributed by atoms with Crippen LogP contribution >= 0.6 is 0 Å². The summed E-state index contributed by atoms with van der Waals surface area (Å²) < 4.78 is 5.16. The second-order valence-electron chi connectivity index (χ2n) is 2.51. The van der Waals surface area contributed by atoms with E-state index < -0.39 is 0 Å². The molecule has 0 heterocycles. The van der Waals surface area contributed by atoms with Crippen LogP contribution in [0.5, 0.6) is 0 Å². The van der Waals surface area contributed by atoms with Gasteiger partial charge >= 0.3 is 0 Å². The Morgan fingerprint density at radius 1 is 1.24 bits per heavy atom. The zero-order valence-electron chi connectivity index (χ0n) is 12.1. The Labute approximate surface area is 108 Å². The number of unbranched alkanes of at least 4 members (excludes halogenated alkanes) is 2. The summed E-state index contributed by atoms with van der Waals surface area (Å²) >= 11 is 0. The second kappa shape index (κ2) is 45.7. The molecular formula is C13H32N2O2. The Balaban J connectivity index is -0.0000000887. The highest BCUT2D eigenvalue weighted by Gasteiger charge is 1.84. The number of ether oxygens (including phenoxy) is 1. The number of rotatable bonds is 7. The van der Waals surface area contributed by atoms with Crippen LogP contribution in [-0.2, 0) is 9.53 Å². The minimum atomic E-state index is 0.625. The van der Waals surface area contributed by atoms with Crippen LogP contribution in [0.25, 0.3) is 0 Å². The minimum Gasteiger partial charge on any atom is -0.380 e. The van der Waals surface area contributed by atoms with Crippen LogP contribution < -0.4 is 11.1 Å². The second-order valence-corrected chi connectivity index (χ2v) is 2.51. The van der Waals surface area contributed by atoms with E-state index in [0.29, 0.717) is 19.6 Å². The number of hydrogen-bond acceptors (Lipinski definition) is 3. The molecule has 0 spiro atoms. The van der Waals surface area contributed by atoms with Crippen molar-refractivity contribution in [3.05, 3.63) is 13.2 Å². The van der Waals surface area contributed by atoms with Gasteiger partial charge in [-0.05, 0) is 6.42 Å². The predicted octanol–water partition coefficient (Wildman–Crippen LogP) is 2.34. The van der Waals surface area contributed by atoms with Crippen LogP contribution in [-0.4, -0.2) is 33.2 Å². The third kappa shape index (κ3) is 69.4. The lowest BCUT2D eigenvalue weighted by molar-refractivity contribution is -0.109. The van der Waals surface area contributed by atoms with E-state index in [9.17, 15) is 0 Å². The number of carbonyl (C=O) groups is 1. The van der Waals surface area contributed by atoms with Gasteiger partial charge in [0, 0.05) is 20.2 Å². The summed E-state index contributed by atoms with van der Waals surface area (Å²) in [6.07, 6.45) is 4.33. The predicted molar refractivity (Wildman–Crippen MR) is 77.1 cm³/mol. The topological polar surface area (TPSA) is 64.3 Å². The van der Waals surface area contributed by atoms with Crippen LogP contribution in [0, 0.1) is 0 Å². The van der Waals surface area contributed by atoms with Crippen molar-refractivity contribution in [2.24, 2.45) is 5.73 Å². The maximum absolute atomic E-state index is 9.06. The van der Waals surface area contributed by atoms with E-state index in [0.717, 1.165) is 6.61 Å². The van der Waals surface area contributed by atoms with Crippen molar-refractivity contribution >= 4 is 6.41 Å². The minimum absolute atomic E-state index is 0.625. The number of amides is 1. The van der Waals surface area contributed by atoms with Crippen LogP contribution in [0.4, 0.5) is 0 Å². The molecule has 3 N–H and O–H groups in total. The molecule has 0 aromatic carbocycles. The Hall–Kier alpha value is -0.870. The van der Waals surface area contributed by atoms with Gasteiger partial charge in [0.05, 0.1) is 6.61 Å². The molecule has 4 nitrogen and oxygen atoms in total. The molecule has 0 saturated carbocycles. The maximum Gasteiger partial charge on any atom is 0.206 e. The van der Waals surface area contributed by atoms with Gasteiger partial charge in [0.15, 0.2) is 0 Å². The number of nitrogens with one attached hydrogen (secondary N) is 1. The van der Waals surface area contributed by atoms with E-state index in [1.165, 1.54) is 19.3 Å². The van der Waals surface area contributed by atoms with Crippen molar-refractivity contribution < 1.29 is 9.53 Å². The summed E-state index contributed by atoms with van der Waals surface area (Å²) in [4.78, 5) is 9.06. The molecule has 0 aliphatic carbocycles. The number of carbonyl (C=O) groups excluding carboxylic acids is 1. The highest BCUT2D eigenvalue weighted by Crippen LogP contribution is 1.92. The lowest BCUT2D eigenvalue weighted by Gasteiger charge is -1.99. The zero-order valence-corrected chi connectivity index (χ0v) is 12.1. The fraction of sp³-hybridized carbons (Fsp3) is 0.769. The van der Waals surface area contributed by atoms with Gasteiger partial charge in [-0.1, -0.05) is 33.6 Å². The first-order valence-corrected chi connectivity index (χ1v) is 6.22. The van der Waals surface area contributed by atoms with Crippen LogP contribution in [0.2, 0.25) is 0 Å². The molecule has 0 atom stereocenters. The SMILES string of the molecule is C=C.CC.CCCCCOCCN.CNC=O. The summed E-state index contributed by atoms with van der Waals surface area (Å²) in [5.41, 5.74) is 5.22. The Kier molecular flexibility index (Phi) is 67.5. The fourth-order valence-corrected chi connectivity index (χ4v) is 0.640. The Bertz CT molecular complexity index is 95.4. The first-order valence-electron chi connectivity index (χ1n) is 6.22. The largest absolute Gasteiger partial charge is 0.380 e. The highest BCUT2D eigenvalue weighted by molar-refractivity contribution is 5.44. The fourth-order valence-electron chi connectivity index (χ4n) is 0.640. The number of nitrogens with two attached hydrogens (primary N) is 1. The van der Waals surface area contributed by atoms with Crippen molar-refractivity contribution in [2.75, 3.05) is 26.8 Å². The molecule has 0 saturated heterocycles. The molecule has 0 radical (unpaired) electrons. The third-order valence-corrected chi connectivity index (χ3v) is 1.27.